The molecule has 0 saturated carbocycles. The van der Waals surface area contributed by atoms with Gasteiger partial charge in [0.1, 0.15) is 5.41 Å². The Labute approximate surface area is 143 Å². The lowest BCUT2D eigenvalue weighted by atomic mass is 9.84. The highest BCUT2D eigenvalue weighted by molar-refractivity contribution is 6.37. The van der Waals surface area contributed by atoms with Crippen LogP contribution in [0, 0.1) is 5.41 Å². The highest BCUT2D eigenvalue weighted by atomic mass is 35.5. The molecule has 122 valence electrons. The molecule has 0 saturated heterocycles. The number of hydrogen-bond acceptors (Lipinski definition) is 1. The first-order valence-corrected chi connectivity index (χ1v) is 8.16. The van der Waals surface area contributed by atoms with Crippen molar-refractivity contribution in [3.8, 4) is 0 Å². The molecule has 0 fully saturated rings. The number of rotatable bonds is 7. The number of carbonyl (C=O) groups excluding carboxylic acids is 1. The Bertz CT molecular complexity index is 523. The van der Waals surface area contributed by atoms with Gasteiger partial charge in [-0.3, -0.25) is 4.79 Å². The maximum absolute atomic E-state index is 12.7. The number of nitrogens with one attached hydrogen (secondary N) is 2. The molecule has 0 aromatic heterocycles. The lowest BCUT2D eigenvalue weighted by molar-refractivity contribution is -0.889. The van der Waals surface area contributed by atoms with Crippen LogP contribution in [-0.4, -0.2) is 47.1 Å². The summed E-state index contributed by atoms with van der Waals surface area (Å²) in [4.78, 5) is 15.2. The standard InChI is InChI=1S/C17H24Cl2N2O/c1-17(11-20(2)3,12-21(4)5)16(22)10-9-13-14(18)7-6-8-15(13)19/h6-10H,11-12H2,1-5H3/p+2/b10-9+. The minimum Gasteiger partial charge on any atom is -0.339 e. The Morgan fingerprint density at radius 2 is 1.55 bits per heavy atom. The van der Waals surface area contributed by atoms with Crippen molar-refractivity contribution in [1.29, 1.82) is 0 Å². The van der Waals surface area contributed by atoms with Crippen LogP contribution in [0.1, 0.15) is 12.5 Å². The number of allylic oxidation sites excluding steroid dienone is 1. The van der Waals surface area contributed by atoms with Gasteiger partial charge in [-0.1, -0.05) is 29.3 Å². The van der Waals surface area contributed by atoms with Crippen molar-refractivity contribution in [2.45, 2.75) is 6.92 Å². The SMILES string of the molecule is C[NH+](C)CC(C)(C[NH+](C)C)C(=O)/C=C/c1c(Cl)cccc1Cl. The van der Waals surface area contributed by atoms with Gasteiger partial charge in [0.05, 0.1) is 41.3 Å². The molecule has 0 bridgehead atoms. The second-order valence-electron chi connectivity index (χ2n) is 6.66. The summed E-state index contributed by atoms with van der Waals surface area (Å²) in [6.07, 6.45) is 3.33. The Morgan fingerprint density at radius 3 is 1.95 bits per heavy atom. The average Bonchev–Trinajstić information content (AvgIpc) is 2.35. The second kappa shape index (κ2) is 8.11. The Kier molecular flexibility index (Phi) is 7.07. The number of quaternary nitrogens is 2. The molecule has 5 heteroatoms. The Morgan fingerprint density at radius 1 is 1.09 bits per heavy atom. The zero-order chi connectivity index (χ0) is 16.9. The van der Waals surface area contributed by atoms with Gasteiger partial charge >= 0.3 is 0 Å². The largest absolute Gasteiger partial charge is 0.339 e. The number of halogens is 2. The van der Waals surface area contributed by atoms with E-state index in [1.54, 1.807) is 30.4 Å². The molecular formula is C17H26Cl2N2O+2. The highest BCUT2D eigenvalue weighted by Gasteiger charge is 2.37. The van der Waals surface area contributed by atoms with Gasteiger partial charge < -0.3 is 9.80 Å². The van der Waals surface area contributed by atoms with Crippen molar-refractivity contribution in [2.24, 2.45) is 5.41 Å². The van der Waals surface area contributed by atoms with Gasteiger partial charge in [0.15, 0.2) is 5.78 Å². The van der Waals surface area contributed by atoms with Crippen molar-refractivity contribution in [1.82, 2.24) is 0 Å². The van der Waals surface area contributed by atoms with Crippen molar-refractivity contribution in [3.63, 3.8) is 0 Å². The lowest BCUT2D eigenvalue weighted by Crippen LogP contribution is -3.12. The van der Waals surface area contributed by atoms with Crippen LogP contribution < -0.4 is 9.80 Å². The van der Waals surface area contributed by atoms with E-state index >= 15 is 0 Å². The Hall–Kier alpha value is -0.870. The van der Waals surface area contributed by atoms with Gasteiger partial charge in [0, 0.05) is 15.6 Å². The molecule has 0 aliphatic carbocycles. The maximum atomic E-state index is 12.7. The zero-order valence-electron chi connectivity index (χ0n) is 14.0. The van der Waals surface area contributed by atoms with E-state index in [1.807, 2.05) is 6.92 Å². The van der Waals surface area contributed by atoms with Crippen LogP contribution in [0.25, 0.3) is 6.08 Å². The molecule has 0 aliphatic heterocycles. The number of hydrogen-bond donors (Lipinski definition) is 2. The lowest BCUT2D eigenvalue weighted by Gasteiger charge is -2.28. The molecule has 1 rings (SSSR count). The van der Waals surface area contributed by atoms with E-state index in [0.717, 1.165) is 13.1 Å². The highest BCUT2D eigenvalue weighted by Crippen LogP contribution is 2.26. The van der Waals surface area contributed by atoms with Crippen LogP contribution in [-0.2, 0) is 4.79 Å². The first-order chi connectivity index (χ1) is 10.2. The summed E-state index contributed by atoms with van der Waals surface area (Å²) in [5.74, 6) is 0.103. The van der Waals surface area contributed by atoms with Gasteiger partial charge in [0.25, 0.3) is 0 Å². The second-order valence-corrected chi connectivity index (χ2v) is 7.48. The van der Waals surface area contributed by atoms with Crippen molar-refractivity contribution < 1.29 is 14.6 Å². The fourth-order valence-electron chi connectivity index (χ4n) is 2.83. The van der Waals surface area contributed by atoms with E-state index in [2.05, 4.69) is 28.2 Å². The summed E-state index contributed by atoms with van der Waals surface area (Å²) >= 11 is 12.3. The van der Waals surface area contributed by atoms with Gasteiger partial charge in [0.2, 0.25) is 0 Å². The van der Waals surface area contributed by atoms with E-state index in [4.69, 9.17) is 23.2 Å². The van der Waals surface area contributed by atoms with Crippen molar-refractivity contribution >= 4 is 35.1 Å². The van der Waals surface area contributed by atoms with Gasteiger partial charge in [-0.15, -0.1) is 0 Å². The topological polar surface area (TPSA) is 26.0 Å². The monoisotopic (exact) mass is 344 g/mol. The molecule has 0 radical (unpaired) electrons. The van der Waals surface area contributed by atoms with E-state index < -0.39 is 5.41 Å². The van der Waals surface area contributed by atoms with Gasteiger partial charge in [-0.05, 0) is 31.2 Å². The minimum absolute atomic E-state index is 0.103. The Balaban J connectivity index is 3.02. The smallest absolute Gasteiger partial charge is 0.172 e. The van der Waals surface area contributed by atoms with E-state index in [-0.39, 0.29) is 5.78 Å². The third kappa shape index (κ3) is 5.40. The molecule has 2 N–H and O–H groups in total. The van der Waals surface area contributed by atoms with Crippen molar-refractivity contribution in [2.75, 3.05) is 41.3 Å². The van der Waals surface area contributed by atoms with Crippen LogP contribution in [0.5, 0.6) is 0 Å². The molecule has 0 heterocycles. The van der Waals surface area contributed by atoms with Crippen LogP contribution in [0.15, 0.2) is 24.3 Å². The van der Waals surface area contributed by atoms with E-state index in [0.29, 0.717) is 15.6 Å². The molecular weight excluding hydrogens is 319 g/mol. The van der Waals surface area contributed by atoms with Crippen LogP contribution >= 0.6 is 23.2 Å². The number of benzene rings is 1. The summed E-state index contributed by atoms with van der Waals surface area (Å²) in [7, 11) is 8.24. The number of ketones is 1. The first-order valence-electron chi connectivity index (χ1n) is 7.40. The quantitative estimate of drug-likeness (QED) is 0.705. The normalized spacial score (nSPS) is 12.6. The third-order valence-corrected chi connectivity index (χ3v) is 4.14. The summed E-state index contributed by atoms with van der Waals surface area (Å²) in [5.41, 5.74) is 0.276. The zero-order valence-corrected chi connectivity index (χ0v) is 15.5. The molecule has 1 aromatic carbocycles. The number of carbonyl (C=O) groups is 1. The molecule has 1 aromatic rings. The first kappa shape index (κ1) is 19.2. The molecule has 0 unspecified atom stereocenters. The van der Waals surface area contributed by atoms with Gasteiger partial charge in [-0.25, -0.2) is 0 Å². The fraction of sp³-hybridized carbons (Fsp3) is 0.471. The third-order valence-electron chi connectivity index (χ3n) is 3.48. The molecule has 0 amide bonds. The predicted molar refractivity (Wildman–Crippen MR) is 94.0 cm³/mol. The average molecular weight is 345 g/mol. The van der Waals surface area contributed by atoms with Crippen LogP contribution in [0.3, 0.4) is 0 Å². The summed E-state index contributed by atoms with van der Waals surface area (Å²) in [6.45, 7) is 3.57. The van der Waals surface area contributed by atoms with Crippen LogP contribution in [0.2, 0.25) is 10.0 Å². The molecule has 0 spiro atoms. The summed E-state index contributed by atoms with van der Waals surface area (Å²) < 4.78 is 0. The molecule has 22 heavy (non-hydrogen) atoms. The maximum Gasteiger partial charge on any atom is 0.172 e. The summed E-state index contributed by atoms with van der Waals surface area (Å²) in [6, 6.07) is 5.33. The molecule has 0 aliphatic rings. The molecule has 0 atom stereocenters. The van der Waals surface area contributed by atoms with Gasteiger partial charge in [-0.2, -0.15) is 0 Å². The fourth-order valence-corrected chi connectivity index (χ4v) is 3.35. The minimum atomic E-state index is -0.415. The molecule has 3 nitrogen and oxygen atoms in total. The summed E-state index contributed by atoms with van der Waals surface area (Å²) in [5, 5.41) is 1.10. The van der Waals surface area contributed by atoms with E-state index in [9.17, 15) is 4.79 Å². The van der Waals surface area contributed by atoms with E-state index in [1.165, 1.54) is 9.80 Å². The predicted octanol–water partition coefficient (Wildman–Crippen LogP) is 0.871. The van der Waals surface area contributed by atoms with Crippen LogP contribution in [0.4, 0.5) is 0 Å². The van der Waals surface area contributed by atoms with Crippen molar-refractivity contribution in [3.05, 3.63) is 39.9 Å².